The number of primary sulfonamides is 1. The van der Waals surface area contributed by atoms with Gasteiger partial charge in [-0.15, -0.1) is 0 Å². The van der Waals surface area contributed by atoms with Crippen molar-refractivity contribution in [2.75, 3.05) is 0 Å². The molecule has 28 heavy (non-hydrogen) atoms. The summed E-state index contributed by atoms with van der Waals surface area (Å²) in [5, 5.41) is 8.29. The Labute approximate surface area is 154 Å². The van der Waals surface area contributed by atoms with Crippen LogP contribution >= 0.6 is 0 Å². The summed E-state index contributed by atoms with van der Waals surface area (Å²) in [6.07, 6.45) is -4.91. The molecule has 0 amide bonds. The topological polar surface area (TPSA) is 78.0 Å². The van der Waals surface area contributed by atoms with Gasteiger partial charge < -0.3 is 0 Å². The lowest BCUT2D eigenvalue weighted by molar-refractivity contribution is -0.141. The van der Waals surface area contributed by atoms with Crippen molar-refractivity contribution in [2.24, 2.45) is 5.14 Å². The number of nitrogens with two attached hydrogens (primary N) is 1. The van der Waals surface area contributed by atoms with Gasteiger partial charge in [0, 0.05) is 11.6 Å². The molecule has 0 aliphatic carbocycles. The van der Waals surface area contributed by atoms with E-state index in [4.69, 9.17) is 5.14 Å². The quantitative estimate of drug-likeness (QED) is 0.518. The smallest absolute Gasteiger partial charge is 0.232 e. The van der Waals surface area contributed by atoms with Crippen LogP contribution in [0.1, 0.15) is 5.69 Å². The van der Waals surface area contributed by atoms with E-state index in [1.54, 1.807) is 0 Å². The van der Waals surface area contributed by atoms with Crippen LogP contribution < -0.4 is 5.14 Å². The van der Waals surface area contributed by atoms with Crippen molar-refractivity contribution in [3.05, 3.63) is 65.6 Å². The van der Waals surface area contributed by atoms with Gasteiger partial charge in [0.2, 0.25) is 10.0 Å². The summed E-state index contributed by atoms with van der Waals surface area (Å²) in [6.45, 7) is 0. The number of hydrogen-bond donors (Lipinski definition) is 1. The first-order valence-corrected chi connectivity index (χ1v) is 8.88. The van der Waals surface area contributed by atoms with Gasteiger partial charge in [-0.05, 0) is 36.4 Å². The fraction of sp³-hybridized carbons (Fsp3) is 0.0625. The second-order valence-corrected chi connectivity index (χ2v) is 7.17. The molecule has 2 aromatic carbocycles. The third kappa shape index (κ3) is 3.73. The van der Waals surface area contributed by atoms with Crippen molar-refractivity contribution in [2.45, 2.75) is 11.1 Å². The monoisotopic (exact) mass is 421 g/mol. The van der Waals surface area contributed by atoms with Gasteiger partial charge in [0.05, 0.1) is 16.3 Å². The third-order valence-electron chi connectivity index (χ3n) is 3.70. The van der Waals surface area contributed by atoms with Gasteiger partial charge in [-0.2, -0.15) is 18.3 Å². The highest BCUT2D eigenvalue weighted by molar-refractivity contribution is 7.89. The van der Waals surface area contributed by atoms with Crippen LogP contribution in [0.15, 0.2) is 47.4 Å². The van der Waals surface area contributed by atoms with E-state index in [9.17, 15) is 34.8 Å². The zero-order valence-electron chi connectivity index (χ0n) is 13.5. The van der Waals surface area contributed by atoms with E-state index in [-0.39, 0.29) is 16.6 Å². The highest BCUT2D eigenvalue weighted by Crippen LogP contribution is 2.34. The highest BCUT2D eigenvalue weighted by atomic mass is 32.2. The molecule has 3 rings (SSSR count). The fourth-order valence-electron chi connectivity index (χ4n) is 2.40. The van der Waals surface area contributed by atoms with E-state index in [1.807, 2.05) is 0 Å². The van der Waals surface area contributed by atoms with Crippen molar-refractivity contribution in [3.63, 3.8) is 0 Å². The number of halogens is 6. The molecule has 5 nitrogen and oxygen atoms in total. The summed E-state index contributed by atoms with van der Waals surface area (Å²) >= 11 is 0. The normalized spacial score (nSPS) is 12.4. The minimum absolute atomic E-state index is 0.0953. The predicted molar refractivity (Wildman–Crippen MR) is 85.2 cm³/mol. The summed E-state index contributed by atoms with van der Waals surface area (Å²) < 4.78 is 103. The Kier molecular flexibility index (Phi) is 4.71. The molecule has 0 aliphatic rings. The summed E-state index contributed by atoms with van der Waals surface area (Å²) in [6, 6.07) is 5.22. The second-order valence-electron chi connectivity index (χ2n) is 5.61. The van der Waals surface area contributed by atoms with Crippen LogP contribution in [0.3, 0.4) is 0 Å². The first-order valence-electron chi connectivity index (χ1n) is 7.33. The molecule has 0 unspecified atom stereocenters. The first-order chi connectivity index (χ1) is 12.9. The molecule has 0 radical (unpaired) electrons. The van der Waals surface area contributed by atoms with Gasteiger partial charge in [-0.3, -0.25) is 0 Å². The van der Waals surface area contributed by atoms with Crippen LogP contribution in [-0.2, 0) is 16.2 Å². The Balaban J connectivity index is 2.24. The van der Waals surface area contributed by atoms with Crippen molar-refractivity contribution >= 4 is 10.0 Å². The van der Waals surface area contributed by atoms with E-state index in [0.29, 0.717) is 16.8 Å². The van der Waals surface area contributed by atoms with Crippen LogP contribution in [-0.4, -0.2) is 18.2 Å². The number of nitrogens with zero attached hydrogens (tertiary/aromatic N) is 2. The van der Waals surface area contributed by atoms with E-state index >= 15 is 0 Å². The number of sulfonamides is 1. The second kappa shape index (κ2) is 6.63. The van der Waals surface area contributed by atoms with E-state index in [2.05, 4.69) is 5.10 Å². The lowest BCUT2D eigenvalue weighted by Gasteiger charge is -2.09. The number of alkyl halides is 3. The van der Waals surface area contributed by atoms with Crippen LogP contribution in [0.2, 0.25) is 0 Å². The molecule has 0 fully saturated rings. The third-order valence-corrected chi connectivity index (χ3v) is 4.62. The molecule has 0 spiro atoms. The molecule has 3 aromatic rings. The maximum atomic E-state index is 14.1. The lowest BCUT2D eigenvalue weighted by atomic mass is 10.1. The Hall–Kier alpha value is -2.86. The molecule has 12 heteroatoms. The summed E-state index contributed by atoms with van der Waals surface area (Å²) in [4.78, 5) is -0.319. The van der Waals surface area contributed by atoms with Gasteiger partial charge in [-0.25, -0.2) is 31.4 Å². The minimum Gasteiger partial charge on any atom is -0.232 e. The maximum absolute atomic E-state index is 14.1. The van der Waals surface area contributed by atoms with Crippen LogP contribution in [0.4, 0.5) is 26.3 Å². The van der Waals surface area contributed by atoms with Gasteiger partial charge >= 0.3 is 6.18 Å². The summed E-state index contributed by atoms with van der Waals surface area (Å²) in [5.41, 5.74) is -2.70. The zero-order chi connectivity index (χ0) is 20.9. The Morgan fingerprint density at radius 2 is 1.46 bits per heavy atom. The predicted octanol–water partition coefficient (Wildman–Crippen LogP) is 3.62. The molecular weight excluding hydrogens is 412 g/mol. The van der Waals surface area contributed by atoms with Gasteiger partial charge in [0.1, 0.15) is 5.82 Å². The number of benzene rings is 2. The molecule has 148 valence electrons. The van der Waals surface area contributed by atoms with Crippen molar-refractivity contribution in [1.29, 1.82) is 0 Å². The maximum Gasteiger partial charge on any atom is 0.435 e. The van der Waals surface area contributed by atoms with Crippen LogP contribution in [0, 0.1) is 17.5 Å². The Morgan fingerprint density at radius 3 is 2.00 bits per heavy atom. The molecule has 0 saturated heterocycles. The molecule has 0 saturated carbocycles. The number of hydrogen-bond acceptors (Lipinski definition) is 3. The fourth-order valence-corrected chi connectivity index (χ4v) is 2.92. The summed E-state index contributed by atoms with van der Waals surface area (Å²) in [7, 11) is -4.06. The summed E-state index contributed by atoms with van der Waals surface area (Å²) in [5.74, 6) is -4.29. The first kappa shape index (κ1) is 19.9. The number of rotatable bonds is 3. The molecule has 2 N–H and O–H groups in total. The molecule has 0 aliphatic heterocycles. The zero-order valence-corrected chi connectivity index (χ0v) is 14.3. The largest absolute Gasteiger partial charge is 0.435 e. The standard InChI is InChI=1S/C16H9F6N3O2S/c17-11-6-13(19)12(18)5-10(11)14-7-15(16(20,21)22)24-25(14)8-1-3-9(4-2-8)28(23,26)27/h1-7H,(H2,23,26,27). The van der Waals surface area contributed by atoms with Gasteiger partial charge in [0.25, 0.3) is 0 Å². The average Bonchev–Trinajstić information content (AvgIpc) is 3.03. The SMILES string of the molecule is NS(=O)(=O)c1ccc(-n2nc(C(F)(F)F)cc2-c2cc(F)c(F)cc2F)cc1. The molecule has 1 heterocycles. The molecular formula is C16H9F6N3O2S. The van der Waals surface area contributed by atoms with Gasteiger partial charge in [0.15, 0.2) is 17.3 Å². The van der Waals surface area contributed by atoms with E-state index < -0.39 is 50.6 Å². The van der Waals surface area contributed by atoms with Crippen molar-refractivity contribution in [3.8, 4) is 16.9 Å². The lowest BCUT2D eigenvalue weighted by Crippen LogP contribution is -2.12. The van der Waals surface area contributed by atoms with Crippen LogP contribution in [0.25, 0.3) is 16.9 Å². The van der Waals surface area contributed by atoms with Crippen molar-refractivity contribution < 1.29 is 34.8 Å². The molecule has 0 atom stereocenters. The average molecular weight is 421 g/mol. The minimum atomic E-state index is -4.91. The number of aromatic nitrogens is 2. The van der Waals surface area contributed by atoms with E-state index in [0.717, 1.165) is 24.3 Å². The Morgan fingerprint density at radius 1 is 0.893 bits per heavy atom. The van der Waals surface area contributed by atoms with Crippen LogP contribution in [0.5, 0.6) is 0 Å². The molecule has 0 bridgehead atoms. The van der Waals surface area contributed by atoms with Gasteiger partial charge in [-0.1, -0.05) is 0 Å². The Bertz CT molecular complexity index is 1150. The molecule has 1 aromatic heterocycles. The van der Waals surface area contributed by atoms with E-state index in [1.165, 1.54) is 0 Å². The van der Waals surface area contributed by atoms with Crippen molar-refractivity contribution in [1.82, 2.24) is 9.78 Å². The highest BCUT2D eigenvalue weighted by Gasteiger charge is 2.35.